The van der Waals surface area contributed by atoms with Crippen LogP contribution in [0.25, 0.3) is 0 Å². The van der Waals surface area contributed by atoms with Gasteiger partial charge in [0.15, 0.2) is 0 Å². The molecule has 0 bridgehead atoms. The smallest absolute Gasteiger partial charge is 0.255 e. The molecule has 144 valence electrons. The highest BCUT2D eigenvalue weighted by Gasteiger charge is 2.28. The Morgan fingerprint density at radius 1 is 1.11 bits per heavy atom. The minimum absolute atomic E-state index is 0.0824. The number of nitrogens with zero attached hydrogens (tertiary/aromatic N) is 1. The van der Waals surface area contributed by atoms with Crippen LogP contribution in [0.5, 0.6) is 5.75 Å². The first-order valence-electron chi connectivity index (χ1n) is 9.63. The quantitative estimate of drug-likeness (QED) is 0.785. The standard InChI is InChI=1S/C22H29N3O2/c1-24(2)18-12-10-17(11-13-18)20(25-14-6-7-15-25)16-23-22(26)19-8-4-5-9-21(19)27-3/h4-5,8-13,20H,6-7,14-16H2,1-3H3,(H,23,26)/p+1/t20-/m0/s1. The van der Waals surface area contributed by atoms with Crippen molar-refractivity contribution in [2.24, 2.45) is 0 Å². The van der Waals surface area contributed by atoms with Gasteiger partial charge in [0.25, 0.3) is 5.91 Å². The van der Waals surface area contributed by atoms with Crippen molar-refractivity contribution in [1.82, 2.24) is 5.32 Å². The summed E-state index contributed by atoms with van der Waals surface area (Å²) < 4.78 is 5.32. The summed E-state index contributed by atoms with van der Waals surface area (Å²) in [6.45, 7) is 2.93. The van der Waals surface area contributed by atoms with Gasteiger partial charge in [-0.25, -0.2) is 0 Å². The minimum Gasteiger partial charge on any atom is -0.496 e. The van der Waals surface area contributed by atoms with Crippen LogP contribution in [0.2, 0.25) is 0 Å². The number of carbonyl (C=O) groups is 1. The summed E-state index contributed by atoms with van der Waals surface area (Å²) in [5.74, 6) is 0.524. The molecule has 1 fully saturated rings. The van der Waals surface area contributed by atoms with Crippen molar-refractivity contribution in [1.29, 1.82) is 0 Å². The number of para-hydroxylation sites is 1. The molecule has 2 aromatic carbocycles. The maximum Gasteiger partial charge on any atom is 0.255 e. The molecule has 0 spiro atoms. The number of likely N-dealkylation sites (tertiary alicyclic amines) is 1. The topological polar surface area (TPSA) is 46.0 Å². The summed E-state index contributed by atoms with van der Waals surface area (Å²) in [5.41, 5.74) is 3.04. The molecule has 5 heteroatoms. The molecule has 0 radical (unpaired) electrons. The van der Waals surface area contributed by atoms with E-state index >= 15 is 0 Å². The van der Waals surface area contributed by atoms with Crippen LogP contribution in [-0.2, 0) is 0 Å². The summed E-state index contributed by atoms with van der Waals surface area (Å²) in [7, 11) is 5.69. The van der Waals surface area contributed by atoms with E-state index in [-0.39, 0.29) is 11.9 Å². The Hall–Kier alpha value is -2.53. The Morgan fingerprint density at radius 2 is 1.78 bits per heavy atom. The summed E-state index contributed by atoms with van der Waals surface area (Å²) in [4.78, 5) is 16.4. The first-order valence-corrected chi connectivity index (χ1v) is 9.63. The highest BCUT2D eigenvalue weighted by Crippen LogP contribution is 2.19. The second-order valence-corrected chi connectivity index (χ2v) is 7.31. The molecule has 2 N–H and O–H groups in total. The molecule has 3 rings (SSSR count). The molecule has 1 atom stereocenters. The molecule has 1 heterocycles. The average Bonchev–Trinajstić information content (AvgIpc) is 3.22. The summed E-state index contributed by atoms with van der Waals surface area (Å²) in [6.07, 6.45) is 2.50. The number of amides is 1. The van der Waals surface area contributed by atoms with E-state index < -0.39 is 0 Å². The summed E-state index contributed by atoms with van der Waals surface area (Å²) >= 11 is 0. The number of ether oxygens (including phenoxy) is 1. The van der Waals surface area contributed by atoms with Crippen LogP contribution in [0.4, 0.5) is 5.69 Å². The van der Waals surface area contributed by atoms with E-state index in [0.717, 1.165) is 13.1 Å². The predicted molar refractivity (Wildman–Crippen MR) is 109 cm³/mol. The van der Waals surface area contributed by atoms with Gasteiger partial charge >= 0.3 is 0 Å². The molecule has 2 aromatic rings. The number of carbonyl (C=O) groups excluding carboxylic acids is 1. The van der Waals surface area contributed by atoms with E-state index in [9.17, 15) is 4.79 Å². The molecule has 0 aliphatic carbocycles. The molecular formula is C22H30N3O2+. The zero-order valence-electron chi connectivity index (χ0n) is 16.5. The Balaban J connectivity index is 1.75. The fourth-order valence-electron chi connectivity index (χ4n) is 3.80. The van der Waals surface area contributed by atoms with Crippen molar-refractivity contribution in [2.45, 2.75) is 18.9 Å². The third kappa shape index (κ3) is 4.61. The Bertz CT molecular complexity index is 752. The molecule has 0 aromatic heterocycles. The molecule has 0 saturated carbocycles. The predicted octanol–water partition coefficient (Wildman–Crippen LogP) is 1.91. The fraction of sp³-hybridized carbons (Fsp3) is 0.409. The maximum absolute atomic E-state index is 12.7. The molecular weight excluding hydrogens is 338 g/mol. The van der Waals surface area contributed by atoms with Crippen molar-refractivity contribution < 1.29 is 14.4 Å². The number of anilines is 1. The number of hydrogen-bond acceptors (Lipinski definition) is 3. The molecule has 1 saturated heterocycles. The number of nitrogens with one attached hydrogen (secondary N) is 2. The highest BCUT2D eigenvalue weighted by molar-refractivity contribution is 5.96. The zero-order chi connectivity index (χ0) is 19.2. The normalized spacial score (nSPS) is 15.4. The second-order valence-electron chi connectivity index (χ2n) is 7.31. The lowest BCUT2D eigenvalue weighted by Gasteiger charge is -2.26. The van der Waals surface area contributed by atoms with Gasteiger partial charge in [-0.3, -0.25) is 4.79 Å². The number of quaternary nitrogens is 1. The monoisotopic (exact) mass is 368 g/mol. The van der Waals surface area contributed by atoms with Gasteiger partial charge in [-0.1, -0.05) is 24.3 Å². The largest absolute Gasteiger partial charge is 0.496 e. The fourth-order valence-corrected chi connectivity index (χ4v) is 3.80. The first kappa shape index (κ1) is 19.2. The van der Waals surface area contributed by atoms with Gasteiger partial charge in [0.1, 0.15) is 11.8 Å². The van der Waals surface area contributed by atoms with Gasteiger partial charge in [0.05, 0.1) is 32.3 Å². The SMILES string of the molecule is COc1ccccc1C(=O)NC[C@@H](c1ccc(N(C)C)cc1)[NH+]1CCCC1. The van der Waals surface area contributed by atoms with Crippen LogP contribution in [0, 0.1) is 0 Å². The zero-order valence-corrected chi connectivity index (χ0v) is 16.5. The van der Waals surface area contributed by atoms with E-state index in [2.05, 4.69) is 34.5 Å². The first-order chi connectivity index (χ1) is 13.1. The van der Waals surface area contributed by atoms with E-state index in [1.165, 1.54) is 24.1 Å². The van der Waals surface area contributed by atoms with Gasteiger partial charge in [-0.15, -0.1) is 0 Å². The third-order valence-electron chi connectivity index (χ3n) is 5.37. The molecule has 27 heavy (non-hydrogen) atoms. The Morgan fingerprint density at radius 3 is 2.41 bits per heavy atom. The number of benzene rings is 2. The van der Waals surface area contributed by atoms with Crippen molar-refractivity contribution in [3.05, 3.63) is 59.7 Å². The van der Waals surface area contributed by atoms with Crippen LogP contribution < -0.4 is 19.9 Å². The number of rotatable bonds is 7. The van der Waals surface area contributed by atoms with Gasteiger partial charge in [0.2, 0.25) is 0 Å². The van der Waals surface area contributed by atoms with Gasteiger partial charge in [0, 0.05) is 38.2 Å². The second kappa shape index (κ2) is 8.91. The molecule has 0 unspecified atom stereocenters. The average molecular weight is 369 g/mol. The van der Waals surface area contributed by atoms with E-state index in [4.69, 9.17) is 4.74 Å². The number of hydrogen-bond donors (Lipinski definition) is 2. The van der Waals surface area contributed by atoms with Crippen LogP contribution in [-0.4, -0.2) is 46.7 Å². The third-order valence-corrected chi connectivity index (χ3v) is 5.37. The lowest BCUT2D eigenvalue weighted by molar-refractivity contribution is -0.918. The minimum atomic E-state index is -0.0824. The highest BCUT2D eigenvalue weighted by atomic mass is 16.5. The number of methoxy groups -OCH3 is 1. The lowest BCUT2D eigenvalue weighted by Crippen LogP contribution is -3.11. The van der Waals surface area contributed by atoms with Gasteiger partial charge in [-0.2, -0.15) is 0 Å². The van der Waals surface area contributed by atoms with E-state index in [1.54, 1.807) is 18.1 Å². The van der Waals surface area contributed by atoms with Gasteiger partial charge < -0.3 is 19.9 Å². The Kier molecular flexibility index (Phi) is 6.35. The van der Waals surface area contributed by atoms with Crippen LogP contribution in [0.3, 0.4) is 0 Å². The Labute approximate surface area is 161 Å². The van der Waals surface area contributed by atoms with Crippen LogP contribution >= 0.6 is 0 Å². The van der Waals surface area contributed by atoms with Crippen molar-refractivity contribution >= 4 is 11.6 Å². The van der Waals surface area contributed by atoms with Gasteiger partial charge in [-0.05, 0) is 24.3 Å². The molecule has 1 amide bonds. The van der Waals surface area contributed by atoms with Crippen LogP contribution in [0.15, 0.2) is 48.5 Å². The van der Waals surface area contributed by atoms with Crippen molar-refractivity contribution in [2.75, 3.05) is 45.7 Å². The van der Waals surface area contributed by atoms with Crippen molar-refractivity contribution in [3.63, 3.8) is 0 Å². The molecule has 1 aliphatic rings. The molecule has 1 aliphatic heterocycles. The lowest BCUT2D eigenvalue weighted by atomic mass is 10.0. The van der Waals surface area contributed by atoms with E-state index in [0.29, 0.717) is 17.9 Å². The molecule has 5 nitrogen and oxygen atoms in total. The van der Waals surface area contributed by atoms with Crippen molar-refractivity contribution in [3.8, 4) is 5.75 Å². The van der Waals surface area contributed by atoms with E-state index in [1.807, 2.05) is 32.3 Å². The summed E-state index contributed by atoms with van der Waals surface area (Å²) in [6, 6.07) is 16.3. The van der Waals surface area contributed by atoms with Crippen LogP contribution in [0.1, 0.15) is 34.8 Å². The summed E-state index contributed by atoms with van der Waals surface area (Å²) in [5, 5.41) is 3.14. The maximum atomic E-state index is 12.7.